The van der Waals surface area contributed by atoms with Crippen molar-refractivity contribution in [1.82, 2.24) is 5.32 Å². The van der Waals surface area contributed by atoms with E-state index in [1.807, 2.05) is 6.07 Å². The molecule has 1 aromatic rings. The Balaban J connectivity index is 1.88. The molecule has 3 heteroatoms. The first-order chi connectivity index (χ1) is 8.16. The van der Waals surface area contributed by atoms with Gasteiger partial charge in [0.1, 0.15) is 0 Å². The molecule has 0 radical (unpaired) electrons. The molecule has 0 bridgehead atoms. The summed E-state index contributed by atoms with van der Waals surface area (Å²) >= 11 is 7.64. The predicted molar refractivity (Wildman–Crippen MR) is 76.8 cm³/mol. The zero-order valence-electron chi connectivity index (χ0n) is 10.7. The second-order valence-corrected chi connectivity index (χ2v) is 7.19. The first-order valence-corrected chi connectivity index (χ1v) is 7.84. The Morgan fingerprint density at radius 2 is 2.12 bits per heavy atom. The van der Waals surface area contributed by atoms with Gasteiger partial charge in [-0.1, -0.05) is 38.3 Å². The van der Waals surface area contributed by atoms with Gasteiger partial charge in [-0.25, -0.2) is 0 Å². The minimum Gasteiger partial charge on any atom is -0.309 e. The highest BCUT2D eigenvalue weighted by Gasteiger charge is 2.26. The summed E-state index contributed by atoms with van der Waals surface area (Å²) in [6, 6.07) is 4.82. The van der Waals surface area contributed by atoms with Gasteiger partial charge >= 0.3 is 0 Å². The van der Waals surface area contributed by atoms with E-state index in [9.17, 15) is 0 Å². The fourth-order valence-electron chi connectivity index (χ4n) is 2.89. The van der Waals surface area contributed by atoms with Crippen molar-refractivity contribution in [2.75, 3.05) is 0 Å². The van der Waals surface area contributed by atoms with Gasteiger partial charge in [0.15, 0.2) is 0 Å². The van der Waals surface area contributed by atoms with Gasteiger partial charge in [-0.2, -0.15) is 0 Å². The van der Waals surface area contributed by atoms with Crippen LogP contribution in [0.3, 0.4) is 0 Å². The molecule has 2 rings (SSSR count). The number of nitrogens with one attached hydrogen (secondary N) is 1. The second-order valence-electron chi connectivity index (χ2n) is 5.39. The van der Waals surface area contributed by atoms with E-state index in [0.29, 0.717) is 6.04 Å². The van der Waals surface area contributed by atoms with Gasteiger partial charge in [0.2, 0.25) is 0 Å². The standard InChI is InChI=1S/C14H22ClNS/c1-10(2)12-5-3-4-6-13(12)16-9-11-7-8-14(15)17-11/h7-8,10,12-13,16H,3-6,9H2,1-2H3. The third-order valence-electron chi connectivity index (χ3n) is 3.84. The molecule has 0 aliphatic heterocycles. The molecule has 1 heterocycles. The average Bonchev–Trinajstić information content (AvgIpc) is 2.73. The molecule has 17 heavy (non-hydrogen) atoms. The Labute approximate surface area is 114 Å². The lowest BCUT2D eigenvalue weighted by atomic mass is 9.78. The lowest BCUT2D eigenvalue weighted by Crippen LogP contribution is -2.40. The van der Waals surface area contributed by atoms with Gasteiger partial charge in [-0.15, -0.1) is 11.3 Å². The van der Waals surface area contributed by atoms with Crippen molar-refractivity contribution in [3.8, 4) is 0 Å². The van der Waals surface area contributed by atoms with Crippen LogP contribution < -0.4 is 5.32 Å². The van der Waals surface area contributed by atoms with E-state index in [2.05, 4.69) is 25.2 Å². The number of hydrogen-bond acceptors (Lipinski definition) is 2. The lowest BCUT2D eigenvalue weighted by Gasteiger charge is -2.35. The largest absolute Gasteiger partial charge is 0.309 e. The van der Waals surface area contributed by atoms with Crippen LogP contribution in [0.2, 0.25) is 4.34 Å². The summed E-state index contributed by atoms with van der Waals surface area (Å²) in [5.41, 5.74) is 0. The van der Waals surface area contributed by atoms with Crippen LogP contribution >= 0.6 is 22.9 Å². The van der Waals surface area contributed by atoms with E-state index in [1.165, 1.54) is 30.6 Å². The van der Waals surface area contributed by atoms with Crippen molar-refractivity contribution >= 4 is 22.9 Å². The minimum absolute atomic E-state index is 0.699. The van der Waals surface area contributed by atoms with E-state index in [4.69, 9.17) is 11.6 Å². The highest BCUT2D eigenvalue weighted by Crippen LogP contribution is 2.30. The molecule has 0 spiro atoms. The van der Waals surface area contributed by atoms with E-state index < -0.39 is 0 Å². The van der Waals surface area contributed by atoms with Crippen LogP contribution in [0.1, 0.15) is 44.4 Å². The highest BCUT2D eigenvalue weighted by molar-refractivity contribution is 7.16. The monoisotopic (exact) mass is 271 g/mol. The summed E-state index contributed by atoms with van der Waals surface area (Å²) < 4.78 is 0.894. The molecule has 2 unspecified atom stereocenters. The van der Waals surface area contributed by atoms with Crippen LogP contribution in [-0.4, -0.2) is 6.04 Å². The van der Waals surface area contributed by atoms with E-state index in [1.54, 1.807) is 11.3 Å². The third kappa shape index (κ3) is 3.70. The summed E-state index contributed by atoms with van der Waals surface area (Å²) in [6.07, 6.45) is 5.51. The Kier molecular flexibility index (Phi) is 4.89. The van der Waals surface area contributed by atoms with Crippen molar-refractivity contribution < 1.29 is 0 Å². The zero-order valence-corrected chi connectivity index (χ0v) is 12.3. The topological polar surface area (TPSA) is 12.0 Å². The van der Waals surface area contributed by atoms with Gasteiger partial charge in [0.05, 0.1) is 4.34 Å². The van der Waals surface area contributed by atoms with Gasteiger partial charge in [0.25, 0.3) is 0 Å². The number of thiophene rings is 1. The molecule has 1 fully saturated rings. The third-order valence-corrected chi connectivity index (χ3v) is 5.07. The molecule has 0 saturated heterocycles. The van der Waals surface area contributed by atoms with Gasteiger partial charge in [-0.3, -0.25) is 0 Å². The highest BCUT2D eigenvalue weighted by atomic mass is 35.5. The maximum absolute atomic E-state index is 5.95. The van der Waals surface area contributed by atoms with Crippen molar-refractivity contribution in [3.05, 3.63) is 21.3 Å². The van der Waals surface area contributed by atoms with Crippen LogP contribution in [0.15, 0.2) is 12.1 Å². The number of rotatable bonds is 4. The summed E-state index contributed by atoms with van der Waals surface area (Å²) in [7, 11) is 0. The number of halogens is 1. The average molecular weight is 272 g/mol. The van der Waals surface area contributed by atoms with E-state index in [0.717, 1.165) is 22.7 Å². The normalized spacial score (nSPS) is 25.4. The molecule has 0 amide bonds. The maximum Gasteiger partial charge on any atom is 0.0931 e. The fourth-order valence-corrected chi connectivity index (χ4v) is 3.93. The van der Waals surface area contributed by atoms with Gasteiger partial charge in [-0.05, 0) is 36.8 Å². The molecule has 1 aliphatic carbocycles. The first kappa shape index (κ1) is 13.4. The summed E-state index contributed by atoms with van der Waals surface area (Å²) in [5.74, 6) is 1.64. The van der Waals surface area contributed by atoms with E-state index >= 15 is 0 Å². The molecule has 1 nitrogen and oxygen atoms in total. The molecule has 1 saturated carbocycles. The smallest absolute Gasteiger partial charge is 0.0931 e. The zero-order chi connectivity index (χ0) is 12.3. The Hall–Kier alpha value is -0.0500. The summed E-state index contributed by atoms with van der Waals surface area (Å²) in [5, 5.41) is 3.73. The molecular formula is C14H22ClNS. The summed E-state index contributed by atoms with van der Waals surface area (Å²) in [6.45, 7) is 5.69. The van der Waals surface area contributed by atoms with E-state index in [-0.39, 0.29) is 0 Å². The molecule has 1 aromatic heterocycles. The van der Waals surface area contributed by atoms with Crippen LogP contribution in [-0.2, 0) is 6.54 Å². The van der Waals surface area contributed by atoms with Crippen LogP contribution in [0, 0.1) is 11.8 Å². The second kappa shape index (κ2) is 6.21. The molecule has 0 aromatic carbocycles. The van der Waals surface area contributed by atoms with Crippen molar-refractivity contribution in [1.29, 1.82) is 0 Å². The fraction of sp³-hybridized carbons (Fsp3) is 0.714. The minimum atomic E-state index is 0.699. The Morgan fingerprint density at radius 3 is 2.76 bits per heavy atom. The van der Waals surface area contributed by atoms with Crippen LogP contribution in [0.25, 0.3) is 0 Å². The van der Waals surface area contributed by atoms with Crippen molar-refractivity contribution in [2.24, 2.45) is 11.8 Å². The van der Waals surface area contributed by atoms with Crippen molar-refractivity contribution in [2.45, 2.75) is 52.1 Å². The van der Waals surface area contributed by atoms with Crippen LogP contribution in [0.4, 0.5) is 0 Å². The predicted octanol–water partition coefficient (Wildman–Crippen LogP) is 4.71. The quantitative estimate of drug-likeness (QED) is 0.837. The molecular weight excluding hydrogens is 250 g/mol. The Morgan fingerprint density at radius 1 is 1.35 bits per heavy atom. The van der Waals surface area contributed by atoms with Gasteiger partial charge < -0.3 is 5.32 Å². The first-order valence-electron chi connectivity index (χ1n) is 6.64. The molecule has 2 atom stereocenters. The SMILES string of the molecule is CC(C)C1CCCCC1NCc1ccc(Cl)s1. The van der Waals surface area contributed by atoms with Crippen molar-refractivity contribution in [3.63, 3.8) is 0 Å². The lowest BCUT2D eigenvalue weighted by molar-refractivity contribution is 0.205. The molecule has 96 valence electrons. The summed E-state index contributed by atoms with van der Waals surface area (Å²) in [4.78, 5) is 1.35. The van der Waals surface area contributed by atoms with Crippen LogP contribution in [0.5, 0.6) is 0 Å². The number of hydrogen-bond donors (Lipinski definition) is 1. The molecule has 1 N–H and O–H groups in total. The maximum atomic E-state index is 5.95. The van der Waals surface area contributed by atoms with Gasteiger partial charge in [0, 0.05) is 17.5 Å². The molecule has 1 aliphatic rings. The Bertz CT molecular complexity index is 348.